The van der Waals surface area contributed by atoms with Crippen molar-refractivity contribution in [3.8, 4) is 33.9 Å². The van der Waals surface area contributed by atoms with E-state index in [4.69, 9.17) is 23.8 Å². The average molecular weight is 694 g/mol. The molecule has 254 valence electrons. The highest BCUT2D eigenvalue weighted by atomic mass is 16.3. The zero-order valence-corrected chi connectivity index (χ0v) is 29.1. The lowest BCUT2D eigenvalue weighted by atomic mass is 9.87. The van der Waals surface area contributed by atoms with Crippen molar-refractivity contribution in [3.63, 3.8) is 0 Å². The molecule has 3 aromatic heterocycles. The molecule has 0 N–H and O–H groups in total. The molecule has 54 heavy (non-hydrogen) atoms. The SMILES string of the molecule is C1=CC(c2cccc3ccccc23)CC=C1c1nc(-c2cccc3c2oc2ccccc23)nc(-c2cc(-c3ccccc3)cc3oc4ccccc4c23)n1. The molecule has 1 unspecified atom stereocenters. The van der Waals surface area contributed by atoms with Crippen molar-refractivity contribution in [3.05, 3.63) is 181 Å². The van der Waals surface area contributed by atoms with E-state index >= 15 is 0 Å². The molecule has 1 aliphatic carbocycles. The molecular formula is C49H31N3O2. The lowest BCUT2D eigenvalue weighted by Crippen LogP contribution is -2.05. The van der Waals surface area contributed by atoms with Crippen LogP contribution in [0.15, 0.2) is 179 Å². The van der Waals surface area contributed by atoms with Gasteiger partial charge in [-0.2, -0.15) is 0 Å². The van der Waals surface area contributed by atoms with E-state index < -0.39 is 0 Å². The van der Waals surface area contributed by atoms with E-state index in [9.17, 15) is 0 Å². The van der Waals surface area contributed by atoms with Crippen LogP contribution in [0.5, 0.6) is 0 Å². The highest BCUT2D eigenvalue weighted by molar-refractivity contribution is 6.13. The van der Waals surface area contributed by atoms with Gasteiger partial charge in [-0.05, 0) is 64.2 Å². The summed E-state index contributed by atoms with van der Waals surface area (Å²) in [4.78, 5) is 15.8. The third-order valence-electron chi connectivity index (χ3n) is 10.7. The largest absolute Gasteiger partial charge is 0.456 e. The Bertz CT molecular complexity index is 3150. The second-order valence-corrected chi connectivity index (χ2v) is 13.9. The van der Waals surface area contributed by atoms with Gasteiger partial charge in [-0.15, -0.1) is 0 Å². The Labute approximate surface area is 310 Å². The lowest BCUT2D eigenvalue weighted by Gasteiger charge is -2.19. The van der Waals surface area contributed by atoms with E-state index in [0.717, 1.165) is 78.1 Å². The molecule has 0 fully saturated rings. The molecule has 5 heteroatoms. The Hall–Kier alpha value is -7.11. The Morgan fingerprint density at radius 1 is 0.481 bits per heavy atom. The molecule has 1 atom stereocenters. The number of fused-ring (bicyclic) bond motifs is 7. The minimum Gasteiger partial charge on any atom is -0.456 e. The smallest absolute Gasteiger partial charge is 0.167 e. The molecule has 5 nitrogen and oxygen atoms in total. The third-order valence-corrected chi connectivity index (χ3v) is 10.7. The Morgan fingerprint density at radius 3 is 1.98 bits per heavy atom. The summed E-state index contributed by atoms with van der Waals surface area (Å²) in [6.45, 7) is 0. The van der Waals surface area contributed by atoms with Crippen molar-refractivity contribution < 1.29 is 8.83 Å². The van der Waals surface area contributed by atoms with Crippen molar-refractivity contribution in [1.82, 2.24) is 15.0 Å². The summed E-state index contributed by atoms with van der Waals surface area (Å²) in [6, 6.07) is 52.3. The first kappa shape index (κ1) is 30.5. The van der Waals surface area contributed by atoms with Gasteiger partial charge in [-0.1, -0.05) is 140 Å². The Balaban J connectivity index is 1.13. The summed E-state index contributed by atoms with van der Waals surface area (Å²) < 4.78 is 13.0. The highest BCUT2D eigenvalue weighted by Crippen LogP contribution is 2.41. The minimum absolute atomic E-state index is 0.240. The first-order valence-corrected chi connectivity index (χ1v) is 18.3. The average Bonchev–Trinajstić information content (AvgIpc) is 3.82. The number of allylic oxidation sites excluding steroid dienone is 4. The van der Waals surface area contributed by atoms with Crippen LogP contribution in [0.4, 0.5) is 0 Å². The second kappa shape index (κ2) is 12.2. The van der Waals surface area contributed by atoms with E-state index in [1.807, 2.05) is 48.5 Å². The fourth-order valence-corrected chi connectivity index (χ4v) is 8.09. The van der Waals surface area contributed by atoms with Gasteiger partial charge >= 0.3 is 0 Å². The highest BCUT2D eigenvalue weighted by Gasteiger charge is 2.23. The molecule has 0 aliphatic heterocycles. The summed E-state index contributed by atoms with van der Waals surface area (Å²) in [7, 11) is 0. The van der Waals surface area contributed by atoms with Crippen LogP contribution in [0.1, 0.15) is 23.7 Å². The molecule has 3 heterocycles. The summed E-state index contributed by atoms with van der Waals surface area (Å²) in [6.07, 6.45) is 7.55. The van der Waals surface area contributed by atoms with Gasteiger partial charge in [0, 0.05) is 38.6 Å². The van der Waals surface area contributed by atoms with Crippen LogP contribution >= 0.6 is 0 Å². The molecule has 0 saturated carbocycles. The van der Waals surface area contributed by atoms with Crippen LogP contribution in [0.25, 0.3) is 94.1 Å². The van der Waals surface area contributed by atoms with Gasteiger partial charge in [0.2, 0.25) is 0 Å². The molecule has 11 rings (SSSR count). The molecule has 1 aliphatic rings. The van der Waals surface area contributed by atoms with Gasteiger partial charge in [0.15, 0.2) is 17.5 Å². The molecule has 7 aromatic carbocycles. The van der Waals surface area contributed by atoms with Crippen molar-refractivity contribution in [2.45, 2.75) is 12.3 Å². The summed E-state index contributed by atoms with van der Waals surface area (Å²) >= 11 is 0. The van der Waals surface area contributed by atoms with E-state index in [2.05, 4.69) is 121 Å². The van der Waals surface area contributed by atoms with Gasteiger partial charge < -0.3 is 8.83 Å². The quantitative estimate of drug-likeness (QED) is 0.179. The fraction of sp³-hybridized carbons (Fsp3) is 0.0408. The van der Waals surface area contributed by atoms with Crippen LogP contribution < -0.4 is 0 Å². The van der Waals surface area contributed by atoms with Gasteiger partial charge in [0.05, 0.1) is 5.56 Å². The first-order valence-electron chi connectivity index (χ1n) is 18.3. The maximum absolute atomic E-state index is 6.52. The molecular weight excluding hydrogens is 663 g/mol. The van der Waals surface area contributed by atoms with Crippen LogP contribution in [-0.4, -0.2) is 15.0 Å². The monoisotopic (exact) mass is 693 g/mol. The van der Waals surface area contributed by atoms with E-state index in [1.165, 1.54) is 16.3 Å². The van der Waals surface area contributed by atoms with Crippen LogP contribution in [0.2, 0.25) is 0 Å². The molecule has 0 saturated heterocycles. The van der Waals surface area contributed by atoms with E-state index in [1.54, 1.807) is 0 Å². The summed E-state index contributed by atoms with van der Waals surface area (Å²) in [5.74, 6) is 1.98. The number of aromatic nitrogens is 3. The maximum Gasteiger partial charge on any atom is 0.167 e. The Kier molecular flexibility index (Phi) is 6.92. The van der Waals surface area contributed by atoms with Gasteiger partial charge in [-0.25, -0.2) is 15.0 Å². The van der Waals surface area contributed by atoms with Crippen LogP contribution in [-0.2, 0) is 0 Å². The Morgan fingerprint density at radius 2 is 1.15 bits per heavy atom. The predicted molar refractivity (Wildman–Crippen MR) is 219 cm³/mol. The second-order valence-electron chi connectivity index (χ2n) is 13.9. The number of para-hydroxylation sites is 3. The molecule has 0 spiro atoms. The van der Waals surface area contributed by atoms with Gasteiger partial charge in [-0.3, -0.25) is 0 Å². The number of nitrogens with zero attached hydrogens (tertiary/aromatic N) is 3. The van der Waals surface area contributed by atoms with Gasteiger partial charge in [0.25, 0.3) is 0 Å². The number of rotatable bonds is 5. The zero-order chi connectivity index (χ0) is 35.6. The molecule has 10 aromatic rings. The van der Waals surface area contributed by atoms with E-state index in [-0.39, 0.29) is 5.92 Å². The van der Waals surface area contributed by atoms with E-state index in [0.29, 0.717) is 17.5 Å². The van der Waals surface area contributed by atoms with Crippen molar-refractivity contribution in [1.29, 1.82) is 0 Å². The summed E-state index contributed by atoms with van der Waals surface area (Å²) in [5, 5.41) is 6.60. The van der Waals surface area contributed by atoms with Crippen molar-refractivity contribution in [2.24, 2.45) is 0 Å². The van der Waals surface area contributed by atoms with Crippen LogP contribution in [0, 0.1) is 0 Å². The topological polar surface area (TPSA) is 65.0 Å². The number of benzene rings is 7. The fourth-order valence-electron chi connectivity index (χ4n) is 8.09. The maximum atomic E-state index is 6.52. The lowest BCUT2D eigenvalue weighted by molar-refractivity contribution is 0.668. The zero-order valence-electron chi connectivity index (χ0n) is 29.1. The molecule has 0 bridgehead atoms. The molecule has 0 radical (unpaired) electrons. The predicted octanol–water partition coefficient (Wildman–Crippen LogP) is 13.0. The van der Waals surface area contributed by atoms with Crippen LogP contribution in [0.3, 0.4) is 0 Å². The normalized spacial score (nSPS) is 14.4. The number of hydrogen-bond donors (Lipinski definition) is 0. The standard InChI is InChI=1S/C49H31N3O2/c1-2-12-30(13-3-1)34-28-41(45-39-18-7-9-23-43(39)53-44(45)29-34)49-51-47(33-26-24-32(25-27-33)36-19-10-15-31-14-4-5-16-35(31)36)50-48(52-49)40-21-11-20-38-37-17-6-8-22-42(37)54-46(38)40/h1-24,26-29,32H,25H2. The molecule has 0 amide bonds. The number of furan rings is 2. The first-order chi connectivity index (χ1) is 26.7. The van der Waals surface area contributed by atoms with Crippen molar-refractivity contribution in [2.75, 3.05) is 0 Å². The third kappa shape index (κ3) is 4.97. The number of hydrogen-bond acceptors (Lipinski definition) is 5. The summed E-state index contributed by atoms with van der Waals surface area (Å²) in [5.41, 5.74) is 9.26. The minimum atomic E-state index is 0.240. The van der Waals surface area contributed by atoms with Gasteiger partial charge in [0.1, 0.15) is 22.3 Å². The van der Waals surface area contributed by atoms with Crippen molar-refractivity contribution >= 4 is 60.2 Å².